The molecule has 0 unspecified atom stereocenters. The first kappa shape index (κ1) is 20.9. The Morgan fingerprint density at radius 3 is 2.33 bits per heavy atom. The summed E-state index contributed by atoms with van der Waals surface area (Å²) in [6.07, 6.45) is 1.49. The molecule has 0 bridgehead atoms. The maximum Gasteiger partial charge on any atom is 0.312 e. The fraction of sp³-hybridized carbons (Fsp3) is 0.368. The van der Waals surface area contributed by atoms with E-state index in [9.17, 15) is 18.5 Å². The molecule has 0 radical (unpaired) electrons. The largest absolute Gasteiger partial charge is 0.487 e. The Hall–Kier alpha value is -2.45. The lowest BCUT2D eigenvalue weighted by Crippen LogP contribution is -2.30. The first-order valence-corrected chi connectivity index (χ1v) is 10.3. The molecule has 0 aliphatic rings. The summed E-state index contributed by atoms with van der Waals surface area (Å²) in [6, 6.07) is 13.7. The molecule has 0 aromatic heterocycles. The molecule has 0 amide bonds. The molecule has 0 spiro atoms. The lowest BCUT2D eigenvalue weighted by Gasteiger charge is -2.18. The van der Waals surface area contributed by atoms with Crippen molar-refractivity contribution in [2.45, 2.75) is 31.6 Å². The third-order valence-corrected chi connectivity index (χ3v) is 6.23. The van der Waals surface area contributed by atoms with Gasteiger partial charge in [0, 0.05) is 19.2 Å². The second-order valence-electron chi connectivity index (χ2n) is 5.91. The summed E-state index contributed by atoms with van der Waals surface area (Å²) in [5.74, 6) is 0.0755. The van der Waals surface area contributed by atoms with Gasteiger partial charge in [0.2, 0.25) is 10.0 Å². The van der Waals surface area contributed by atoms with Crippen LogP contribution in [0, 0.1) is 10.1 Å². The number of benzene rings is 2. The third-order valence-electron chi connectivity index (χ3n) is 4.18. The van der Waals surface area contributed by atoms with Crippen LogP contribution in [0.25, 0.3) is 0 Å². The molecule has 2 aromatic rings. The van der Waals surface area contributed by atoms with Crippen molar-refractivity contribution in [2.24, 2.45) is 0 Å². The Balaban J connectivity index is 2.12. The minimum atomic E-state index is -3.76. The first-order chi connectivity index (χ1) is 12.9. The van der Waals surface area contributed by atoms with Crippen LogP contribution in [0.5, 0.6) is 5.75 Å². The van der Waals surface area contributed by atoms with Gasteiger partial charge in [0.15, 0.2) is 5.75 Å². The predicted molar refractivity (Wildman–Crippen MR) is 103 cm³/mol. The van der Waals surface area contributed by atoms with Crippen LogP contribution in [0.15, 0.2) is 53.4 Å². The highest BCUT2D eigenvalue weighted by Gasteiger charge is 2.26. The van der Waals surface area contributed by atoms with Crippen molar-refractivity contribution in [3.8, 4) is 5.75 Å². The molecular weight excluding hydrogens is 368 g/mol. The molecule has 27 heavy (non-hydrogen) atoms. The molecule has 0 fully saturated rings. The molecule has 2 aromatic carbocycles. The minimum Gasteiger partial charge on any atom is -0.487 e. The molecule has 146 valence electrons. The number of sulfonamides is 1. The summed E-state index contributed by atoms with van der Waals surface area (Å²) in [7, 11) is -3.76. The smallest absolute Gasteiger partial charge is 0.312 e. The van der Waals surface area contributed by atoms with Gasteiger partial charge in [0.25, 0.3) is 0 Å². The maximum absolute atomic E-state index is 12.6. The van der Waals surface area contributed by atoms with Crippen LogP contribution in [-0.4, -0.2) is 37.3 Å². The zero-order valence-corrected chi connectivity index (χ0v) is 16.3. The van der Waals surface area contributed by atoms with Gasteiger partial charge in [0.1, 0.15) is 0 Å². The highest BCUT2D eigenvalue weighted by Crippen LogP contribution is 2.31. The van der Waals surface area contributed by atoms with Gasteiger partial charge in [-0.1, -0.05) is 44.2 Å². The van der Waals surface area contributed by atoms with Gasteiger partial charge >= 0.3 is 5.69 Å². The number of nitro benzene ring substituents is 1. The molecule has 8 heteroatoms. The van der Waals surface area contributed by atoms with Crippen molar-refractivity contribution >= 4 is 15.7 Å². The van der Waals surface area contributed by atoms with Crippen molar-refractivity contribution in [3.63, 3.8) is 0 Å². The Labute approximate surface area is 159 Å². The summed E-state index contributed by atoms with van der Waals surface area (Å²) < 4.78 is 31.9. The fourth-order valence-corrected chi connectivity index (χ4v) is 4.22. The number of ether oxygens (including phenoxy) is 1. The zero-order valence-electron chi connectivity index (χ0n) is 15.5. The van der Waals surface area contributed by atoms with Gasteiger partial charge in [0.05, 0.1) is 16.4 Å². The van der Waals surface area contributed by atoms with Crippen molar-refractivity contribution in [3.05, 3.63) is 64.2 Å². The molecule has 7 nitrogen and oxygen atoms in total. The maximum atomic E-state index is 12.6. The van der Waals surface area contributed by atoms with E-state index in [1.807, 2.05) is 30.3 Å². The van der Waals surface area contributed by atoms with Gasteiger partial charge in [-0.05, 0) is 30.5 Å². The van der Waals surface area contributed by atoms with Crippen molar-refractivity contribution < 1.29 is 18.1 Å². The van der Waals surface area contributed by atoms with Crippen LogP contribution >= 0.6 is 0 Å². The van der Waals surface area contributed by atoms with E-state index < -0.39 is 14.9 Å². The summed E-state index contributed by atoms with van der Waals surface area (Å²) in [5.41, 5.74) is 0.819. The van der Waals surface area contributed by atoms with Crippen LogP contribution in [0.1, 0.15) is 25.8 Å². The number of nitrogens with zero attached hydrogens (tertiary/aromatic N) is 2. The highest BCUT2D eigenvalue weighted by atomic mass is 32.2. The van der Waals surface area contributed by atoms with Crippen LogP contribution in [-0.2, 0) is 16.4 Å². The Bertz CT molecular complexity index is 865. The highest BCUT2D eigenvalue weighted by molar-refractivity contribution is 7.89. The average Bonchev–Trinajstić information content (AvgIpc) is 2.66. The number of aryl methyl sites for hydroxylation is 1. The minimum absolute atomic E-state index is 0.0755. The standard InChI is InChI=1S/C19H24N2O5S/c1-3-20(4-2)27(24,25)17-12-13-19(18(15-17)21(22)23)26-14-8-11-16-9-6-5-7-10-16/h5-7,9-10,12-13,15H,3-4,8,11,14H2,1-2H3. The van der Waals surface area contributed by atoms with E-state index in [0.717, 1.165) is 18.1 Å². The van der Waals surface area contributed by atoms with E-state index in [0.29, 0.717) is 26.1 Å². The lowest BCUT2D eigenvalue weighted by atomic mass is 10.1. The molecule has 0 aliphatic carbocycles. The molecule has 0 aliphatic heterocycles. The quantitative estimate of drug-likeness (QED) is 0.350. The lowest BCUT2D eigenvalue weighted by molar-refractivity contribution is -0.386. The SMILES string of the molecule is CCN(CC)S(=O)(=O)c1ccc(OCCCc2ccccc2)c([N+](=O)[O-])c1. The van der Waals surface area contributed by atoms with Crippen molar-refractivity contribution in [1.82, 2.24) is 4.31 Å². The average molecular weight is 392 g/mol. The van der Waals surface area contributed by atoms with Gasteiger partial charge in [-0.3, -0.25) is 10.1 Å². The van der Waals surface area contributed by atoms with Gasteiger partial charge in [-0.2, -0.15) is 4.31 Å². The van der Waals surface area contributed by atoms with Gasteiger partial charge in [-0.15, -0.1) is 0 Å². The van der Waals surface area contributed by atoms with Crippen LogP contribution in [0.3, 0.4) is 0 Å². The second-order valence-corrected chi connectivity index (χ2v) is 7.85. The summed E-state index contributed by atoms with van der Waals surface area (Å²) >= 11 is 0. The molecule has 0 saturated carbocycles. The predicted octanol–water partition coefficient (Wildman–Crippen LogP) is 3.64. The van der Waals surface area contributed by atoms with E-state index in [2.05, 4.69) is 0 Å². The van der Waals surface area contributed by atoms with Gasteiger partial charge < -0.3 is 4.74 Å². The molecule has 0 heterocycles. The number of hydrogen-bond donors (Lipinski definition) is 0. The third kappa shape index (κ3) is 5.27. The normalized spacial score (nSPS) is 11.5. The van der Waals surface area contributed by atoms with Crippen molar-refractivity contribution in [2.75, 3.05) is 19.7 Å². The summed E-state index contributed by atoms with van der Waals surface area (Å²) in [4.78, 5) is 10.7. The second kappa shape index (κ2) is 9.48. The molecule has 0 saturated heterocycles. The van der Waals surface area contributed by atoms with E-state index in [-0.39, 0.29) is 16.3 Å². The molecular formula is C19H24N2O5S. The summed E-state index contributed by atoms with van der Waals surface area (Å²) in [6.45, 7) is 4.34. The Kier molecular flexibility index (Phi) is 7.32. The summed E-state index contributed by atoms with van der Waals surface area (Å²) in [5, 5.41) is 11.4. The molecule has 0 N–H and O–H groups in total. The molecule has 2 rings (SSSR count). The van der Waals surface area contributed by atoms with Gasteiger partial charge in [-0.25, -0.2) is 8.42 Å². The van der Waals surface area contributed by atoms with E-state index in [4.69, 9.17) is 4.74 Å². The molecule has 0 atom stereocenters. The van der Waals surface area contributed by atoms with Crippen molar-refractivity contribution in [1.29, 1.82) is 0 Å². The van der Waals surface area contributed by atoms with Crippen LogP contribution < -0.4 is 4.74 Å². The Morgan fingerprint density at radius 1 is 1.07 bits per heavy atom. The zero-order chi connectivity index (χ0) is 19.9. The van der Waals surface area contributed by atoms with E-state index >= 15 is 0 Å². The first-order valence-electron chi connectivity index (χ1n) is 8.85. The topological polar surface area (TPSA) is 89.8 Å². The number of nitro groups is 1. The Morgan fingerprint density at radius 2 is 1.74 bits per heavy atom. The van der Waals surface area contributed by atoms with E-state index in [1.165, 1.54) is 16.4 Å². The van der Waals surface area contributed by atoms with Crippen LogP contribution in [0.2, 0.25) is 0 Å². The van der Waals surface area contributed by atoms with E-state index in [1.54, 1.807) is 13.8 Å². The number of rotatable bonds is 10. The number of hydrogen-bond acceptors (Lipinski definition) is 5. The monoisotopic (exact) mass is 392 g/mol. The fourth-order valence-electron chi connectivity index (χ4n) is 2.74. The van der Waals surface area contributed by atoms with Crippen LogP contribution in [0.4, 0.5) is 5.69 Å².